The van der Waals surface area contributed by atoms with Crippen molar-refractivity contribution < 1.29 is 0 Å². The highest BCUT2D eigenvalue weighted by Crippen LogP contribution is 2.45. The average Bonchev–Trinajstić information content (AvgIpc) is 2.29. The zero-order chi connectivity index (χ0) is 11.0. The van der Waals surface area contributed by atoms with Crippen molar-refractivity contribution in [2.75, 3.05) is 6.54 Å². The second kappa shape index (κ2) is 3.60. The van der Waals surface area contributed by atoms with E-state index in [4.69, 9.17) is 5.73 Å². The summed E-state index contributed by atoms with van der Waals surface area (Å²) >= 11 is 0. The molecule has 1 saturated carbocycles. The molecule has 0 unspecified atom stereocenters. The van der Waals surface area contributed by atoms with Gasteiger partial charge in [0.15, 0.2) is 0 Å². The van der Waals surface area contributed by atoms with Gasteiger partial charge >= 0.3 is 0 Å². The van der Waals surface area contributed by atoms with Crippen LogP contribution in [0.2, 0.25) is 0 Å². The lowest BCUT2D eigenvalue weighted by molar-refractivity contribution is 0.255. The van der Waals surface area contributed by atoms with Crippen molar-refractivity contribution in [3.8, 4) is 0 Å². The number of hydrogen-bond donors (Lipinski definition) is 1. The molecule has 1 aliphatic rings. The molecule has 2 aromatic rings. The Morgan fingerprint density at radius 1 is 1.00 bits per heavy atom. The van der Waals surface area contributed by atoms with Crippen molar-refractivity contribution in [1.82, 2.24) is 0 Å². The molecule has 1 heteroatoms. The van der Waals surface area contributed by atoms with Crippen molar-refractivity contribution in [2.45, 2.75) is 24.7 Å². The van der Waals surface area contributed by atoms with Crippen LogP contribution in [0.3, 0.4) is 0 Å². The van der Waals surface area contributed by atoms with Gasteiger partial charge < -0.3 is 5.73 Å². The van der Waals surface area contributed by atoms with E-state index in [9.17, 15) is 0 Å². The summed E-state index contributed by atoms with van der Waals surface area (Å²) in [4.78, 5) is 0. The van der Waals surface area contributed by atoms with E-state index in [1.807, 2.05) is 0 Å². The van der Waals surface area contributed by atoms with Crippen LogP contribution in [-0.2, 0) is 5.41 Å². The molecule has 0 heterocycles. The molecule has 2 aromatic carbocycles. The number of nitrogens with two attached hydrogens (primary N) is 1. The number of benzene rings is 2. The second-order valence-corrected chi connectivity index (χ2v) is 4.86. The summed E-state index contributed by atoms with van der Waals surface area (Å²) in [5, 5.41) is 2.72. The molecular weight excluding hydrogens is 194 g/mol. The van der Waals surface area contributed by atoms with Gasteiger partial charge in [0.05, 0.1) is 0 Å². The summed E-state index contributed by atoms with van der Waals surface area (Å²) in [6, 6.07) is 15.2. The Morgan fingerprint density at radius 3 is 2.44 bits per heavy atom. The zero-order valence-corrected chi connectivity index (χ0v) is 9.45. The molecule has 0 atom stereocenters. The fourth-order valence-electron chi connectivity index (χ4n) is 2.87. The van der Waals surface area contributed by atoms with Gasteiger partial charge in [0, 0.05) is 12.0 Å². The summed E-state index contributed by atoms with van der Waals surface area (Å²) in [5.74, 6) is 0. The van der Waals surface area contributed by atoms with Crippen molar-refractivity contribution in [3.63, 3.8) is 0 Å². The minimum Gasteiger partial charge on any atom is -0.330 e. The summed E-state index contributed by atoms with van der Waals surface area (Å²) < 4.78 is 0. The second-order valence-electron chi connectivity index (χ2n) is 4.86. The van der Waals surface area contributed by atoms with Gasteiger partial charge in [-0.1, -0.05) is 48.9 Å². The first-order valence-corrected chi connectivity index (χ1v) is 6.04. The Bertz CT molecular complexity index is 501. The largest absolute Gasteiger partial charge is 0.330 e. The molecule has 82 valence electrons. The smallest absolute Gasteiger partial charge is 0.00817 e. The lowest BCUT2D eigenvalue weighted by Crippen LogP contribution is -2.41. The van der Waals surface area contributed by atoms with Crippen LogP contribution in [0.4, 0.5) is 0 Å². The first-order chi connectivity index (χ1) is 7.86. The fraction of sp³-hybridized carbons (Fsp3) is 0.333. The van der Waals surface area contributed by atoms with Gasteiger partial charge in [0.25, 0.3) is 0 Å². The molecule has 0 aromatic heterocycles. The minimum atomic E-state index is 0.265. The maximum Gasteiger partial charge on any atom is 0.00817 e. The normalized spacial score (nSPS) is 18.3. The maximum atomic E-state index is 5.99. The van der Waals surface area contributed by atoms with Gasteiger partial charge in [0.2, 0.25) is 0 Å². The SMILES string of the molecule is NCC1(c2cccc3ccccc23)CCC1. The molecule has 1 fully saturated rings. The standard InChI is InChI=1S/C15H17N/c16-11-15(9-4-10-15)14-8-3-6-12-5-1-2-7-13(12)14/h1-3,5-8H,4,9-11,16H2. The highest BCUT2D eigenvalue weighted by Gasteiger charge is 2.38. The van der Waals surface area contributed by atoms with E-state index < -0.39 is 0 Å². The molecule has 0 radical (unpaired) electrons. The number of fused-ring (bicyclic) bond motifs is 1. The van der Waals surface area contributed by atoms with E-state index in [0.717, 1.165) is 6.54 Å². The van der Waals surface area contributed by atoms with Crippen molar-refractivity contribution in [1.29, 1.82) is 0 Å². The van der Waals surface area contributed by atoms with Gasteiger partial charge in [0.1, 0.15) is 0 Å². The van der Waals surface area contributed by atoms with Crippen LogP contribution < -0.4 is 5.73 Å². The predicted molar refractivity (Wildman–Crippen MR) is 68.5 cm³/mol. The number of rotatable bonds is 2. The Morgan fingerprint density at radius 2 is 1.75 bits per heavy atom. The van der Waals surface area contributed by atoms with E-state index in [-0.39, 0.29) is 5.41 Å². The molecule has 1 nitrogen and oxygen atoms in total. The third kappa shape index (κ3) is 1.28. The van der Waals surface area contributed by atoms with Gasteiger partial charge in [-0.2, -0.15) is 0 Å². The quantitative estimate of drug-likeness (QED) is 0.811. The van der Waals surface area contributed by atoms with E-state index in [1.165, 1.54) is 35.6 Å². The predicted octanol–water partition coefficient (Wildman–Crippen LogP) is 3.22. The van der Waals surface area contributed by atoms with Crippen LogP contribution >= 0.6 is 0 Å². The molecule has 0 spiro atoms. The molecule has 0 aliphatic heterocycles. The lowest BCUT2D eigenvalue weighted by atomic mass is 9.63. The topological polar surface area (TPSA) is 26.0 Å². The highest BCUT2D eigenvalue weighted by atomic mass is 14.6. The van der Waals surface area contributed by atoms with E-state index in [1.54, 1.807) is 0 Å². The monoisotopic (exact) mass is 211 g/mol. The zero-order valence-electron chi connectivity index (χ0n) is 9.45. The van der Waals surface area contributed by atoms with Crippen LogP contribution in [0.25, 0.3) is 10.8 Å². The van der Waals surface area contributed by atoms with Crippen LogP contribution in [0, 0.1) is 0 Å². The lowest BCUT2D eigenvalue weighted by Gasteiger charge is -2.42. The highest BCUT2D eigenvalue weighted by molar-refractivity contribution is 5.86. The molecular formula is C15H17N. The van der Waals surface area contributed by atoms with Gasteiger partial charge in [-0.3, -0.25) is 0 Å². The Kier molecular flexibility index (Phi) is 2.22. The fourth-order valence-corrected chi connectivity index (χ4v) is 2.87. The van der Waals surface area contributed by atoms with Crippen LogP contribution in [0.15, 0.2) is 42.5 Å². The summed E-state index contributed by atoms with van der Waals surface area (Å²) in [6.07, 6.45) is 3.81. The summed E-state index contributed by atoms with van der Waals surface area (Å²) in [6.45, 7) is 0.779. The molecule has 0 saturated heterocycles. The Labute approximate surface area is 96.3 Å². The van der Waals surface area contributed by atoms with E-state index in [0.29, 0.717) is 0 Å². The summed E-state index contributed by atoms with van der Waals surface area (Å²) in [7, 11) is 0. The van der Waals surface area contributed by atoms with E-state index in [2.05, 4.69) is 42.5 Å². The van der Waals surface area contributed by atoms with E-state index >= 15 is 0 Å². The van der Waals surface area contributed by atoms with Crippen molar-refractivity contribution >= 4 is 10.8 Å². The molecule has 1 aliphatic carbocycles. The van der Waals surface area contributed by atoms with Crippen LogP contribution in [-0.4, -0.2) is 6.54 Å². The third-order valence-corrected chi connectivity index (χ3v) is 4.06. The summed E-state index contributed by atoms with van der Waals surface area (Å²) in [5.41, 5.74) is 7.71. The van der Waals surface area contributed by atoms with Crippen LogP contribution in [0.1, 0.15) is 24.8 Å². The van der Waals surface area contributed by atoms with Crippen LogP contribution in [0.5, 0.6) is 0 Å². The molecule has 16 heavy (non-hydrogen) atoms. The average molecular weight is 211 g/mol. The van der Waals surface area contributed by atoms with Gasteiger partial charge in [-0.05, 0) is 29.2 Å². The van der Waals surface area contributed by atoms with Crippen molar-refractivity contribution in [2.24, 2.45) is 5.73 Å². The molecule has 2 N–H and O–H groups in total. The van der Waals surface area contributed by atoms with Gasteiger partial charge in [-0.15, -0.1) is 0 Å². The van der Waals surface area contributed by atoms with Crippen molar-refractivity contribution in [3.05, 3.63) is 48.0 Å². The van der Waals surface area contributed by atoms with Gasteiger partial charge in [-0.25, -0.2) is 0 Å². The Balaban J connectivity index is 2.23. The maximum absolute atomic E-state index is 5.99. The number of hydrogen-bond acceptors (Lipinski definition) is 1. The molecule has 3 rings (SSSR count). The molecule has 0 bridgehead atoms. The molecule has 0 amide bonds. The minimum absolute atomic E-state index is 0.265. The first-order valence-electron chi connectivity index (χ1n) is 6.04. The third-order valence-electron chi connectivity index (χ3n) is 4.06. The Hall–Kier alpha value is -1.34. The first kappa shape index (κ1) is 9.86.